The molecule has 1 aliphatic rings. The van der Waals surface area contributed by atoms with E-state index in [4.69, 9.17) is 9.47 Å². The second kappa shape index (κ2) is 8.00. The van der Waals surface area contributed by atoms with Gasteiger partial charge in [0.15, 0.2) is 0 Å². The van der Waals surface area contributed by atoms with Crippen LogP contribution < -0.4 is 4.74 Å². The van der Waals surface area contributed by atoms with Crippen molar-refractivity contribution >= 4 is 18.0 Å². The Hall–Kier alpha value is -3.54. The normalized spacial score (nSPS) is 15.3. The van der Waals surface area contributed by atoms with Crippen LogP contribution in [-0.2, 0) is 20.9 Å². The van der Waals surface area contributed by atoms with Crippen LogP contribution in [-0.4, -0.2) is 36.1 Å². The van der Waals surface area contributed by atoms with Crippen LogP contribution in [0.2, 0.25) is 0 Å². The topological polar surface area (TPSA) is 76.1 Å². The lowest BCUT2D eigenvalue weighted by molar-refractivity contribution is -0.136. The second-order valence-corrected chi connectivity index (χ2v) is 6.34. The fraction of sp³-hybridized carbons (Fsp3) is 0.182. The molecule has 0 spiro atoms. The minimum absolute atomic E-state index is 0.0789. The summed E-state index contributed by atoms with van der Waals surface area (Å²) in [5, 5.41) is 9.68. The largest absolute Gasteiger partial charge is 0.508 e. The monoisotopic (exact) mass is 379 g/mol. The third-order valence-electron chi connectivity index (χ3n) is 4.58. The number of phenolic OH excluding ortho intramolecular Hbond substituents is 1. The molecule has 0 atom stereocenters. The lowest BCUT2D eigenvalue weighted by Crippen LogP contribution is -2.24. The number of esters is 1. The Bertz CT molecular complexity index is 973. The number of carbonyl (C=O) groups is 2. The van der Waals surface area contributed by atoms with E-state index >= 15 is 0 Å². The van der Waals surface area contributed by atoms with Crippen LogP contribution in [0.5, 0.6) is 11.5 Å². The van der Waals surface area contributed by atoms with Gasteiger partial charge in [0.2, 0.25) is 0 Å². The number of benzene rings is 2. The number of methoxy groups -OCH3 is 2. The standard InChI is InChI=1S/C22H21NO5/c1-14-20(22(26)28-3)19(12-16-5-4-6-17(24)11-16)21(25)23(14)13-15-7-9-18(27-2)10-8-15/h4-12,24H,13H2,1-3H3. The van der Waals surface area contributed by atoms with Crippen LogP contribution >= 0.6 is 0 Å². The van der Waals surface area contributed by atoms with Crippen molar-refractivity contribution in [2.75, 3.05) is 14.2 Å². The van der Waals surface area contributed by atoms with Gasteiger partial charge in [-0.1, -0.05) is 24.3 Å². The third kappa shape index (κ3) is 3.76. The summed E-state index contributed by atoms with van der Waals surface area (Å²) < 4.78 is 10.0. The molecule has 1 N–H and O–H groups in total. The Morgan fingerprint density at radius 2 is 1.86 bits per heavy atom. The Morgan fingerprint density at radius 3 is 2.46 bits per heavy atom. The zero-order chi connectivity index (χ0) is 20.3. The maximum atomic E-state index is 13.1. The van der Waals surface area contributed by atoms with Crippen LogP contribution in [0.15, 0.2) is 65.4 Å². The van der Waals surface area contributed by atoms with Crippen molar-refractivity contribution in [3.05, 3.63) is 76.5 Å². The molecular weight excluding hydrogens is 358 g/mol. The number of aromatic hydroxyl groups is 1. The maximum Gasteiger partial charge on any atom is 0.340 e. The highest BCUT2D eigenvalue weighted by Gasteiger charge is 2.36. The molecule has 3 rings (SSSR count). The number of allylic oxidation sites excluding steroid dienone is 1. The van der Waals surface area contributed by atoms with Crippen LogP contribution in [0.3, 0.4) is 0 Å². The molecule has 28 heavy (non-hydrogen) atoms. The molecule has 1 heterocycles. The molecule has 0 saturated carbocycles. The molecule has 0 aliphatic carbocycles. The van der Waals surface area contributed by atoms with E-state index in [1.54, 1.807) is 37.1 Å². The lowest BCUT2D eigenvalue weighted by atomic mass is 10.0. The van der Waals surface area contributed by atoms with Gasteiger partial charge >= 0.3 is 5.97 Å². The lowest BCUT2D eigenvalue weighted by Gasteiger charge is -2.18. The van der Waals surface area contributed by atoms with Crippen molar-refractivity contribution in [2.45, 2.75) is 13.5 Å². The minimum atomic E-state index is -0.575. The summed E-state index contributed by atoms with van der Waals surface area (Å²) in [5.41, 5.74) is 2.51. The molecule has 0 unspecified atom stereocenters. The van der Waals surface area contributed by atoms with E-state index < -0.39 is 5.97 Å². The Balaban J connectivity index is 1.99. The summed E-state index contributed by atoms with van der Waals surface area (Å²) in [7, 11) is 2.87. The number of hydrogen-bond donors (Lipinski definition) is 1. The highest BCUT2D eigenvalue weighted by molar-refractivity contribution is 6.16. The predicted octanol–water partition coefficient (Wildman–Crippen LogP) is 3.27. The quantitative estimate of drug-likeness (QED) is 0.637. The smallest absolute Gasteiger partial charge is 0.340 e. The molecule has 0 radical (unpaired) electrons. The molecule has 6 heteroatoms. The first-order chi connectivity index (χ1) is 13.4. The van der Waals surface area contributed by atoms with Gasteiger partial charge in [0.25, 0.3) is 5.91 Å². The average molecular weight is 379 g/mol. The van der Waals surface area contributed by atoms with Gasteiger partial charge in [-0.05, 0) is 48.4 Å². The summed E-state index contributed by atoms with van der Waals surface area (Å²) in [4.78, 5) is 27.0. The molecule has 144 valence electrons. The summed E-state index contributed by atoms with van der Waals surface area (Å²) in [6.45, 7) is 2.03. The number of carbonyl (C=O) groups excluding carboxylic acids is 2. The van der Waals surface area contributed by atoms with Crippen molar-refractivity contribution in [3.63, 3.8) is 0 Å². The molecule has 2 aromatic rings. The first-order valence-corrected chi connectivity index (χ1v) is 8.69. The van der Waals surface area contributed by atoms with Crippen molar-refractivity contribution in [2.24, 2.45) is 0 Å². The molecule has 6 nitrogen and oxygen atoms in total. The Kier molecular flexibility index (Phi) is 5.49. The van der Waals surface area contributed by atoms with Gasteiger partial charge in [-0.25, -0.2) is 4.79 Å². The molecule has 1 amide bonds. The van der Waals surface area contributed by atoms with Gasteiger partial charge in [-0.3, -0.25) is 4.79 Å². The van der Waals surface area contributed by atoms with E-state index in [-0.39, 0.29) is 22.8 Å². The molecule has 2 aromatic carbocycles. The third-order valence-corrected chi connectivity index (χ3v) is 4.58. The first-order valence-electron chi connectivity index (χ1n) is 8.69. The maximum absolute atomic E-state index is 13.1. The van der Waals surface area contributed by atoms with E-state index in [0.717, 1.165) is 11.3 Å². The van der Waals surface area contributed by atoms with E-state index in [2.05, 4.69) is 0 Å². The van der Waals surface area contributed by atoms with E-state index in [1.807, 2.05) is 24.3 Å². The molecular formula is C22H21NO5. The molecule has 0 bridgehead atoms. The van der Waals surface area contributed by atoms with E-state index in [9.17, 15) is 14.7 Å². The van der Waals surface area contributed by atoms with Gasteiger partial charge in [-0.15, -0.1) is 0 Å². The van der Waals surface area contributed by atoms with Gasteiger partial charge in [0.1, 0.15) is 11.5 Å². The molecule has 0 aromatic heterocycles. The van der Waals surface area contributed by atoms with E-state index in [0.29, 0.717) is 17.8 Å². The molecule has 1 aliphatic heterocycles. The number of ether oxygens (including phenoxy) is 2. The molecule has 0 saturated heterocycles. The van der Waals surface area contributed by atoms with Gasteiger partial charge in [0, 0.05) is 5.70 Å². The van der Waals surface area contributed by atoms with Crippen LogP contribution in [0.1, 0.15) is 18.1 Å². The highest BCUT2D eigenvalue weighted by Crippen LogP contribution is 2.33. The van der Waals surface area contributed by atoms with Crippen molar-refractivity contribution in [1.29, 1.82) is 0 Å². The van der Waals surface area contributed by atoms with Gasteiger partial charge < -0.3 is 19.5 Å². The van der Waals surface area contributed by atoms with Crippen molar-refractivity contribution in [3.8, 4) is 11.5 Å². The zero-order valence-electron chi connectivity index (χ0n) is 15.9. The minimum Gasteiger partial charge on any atom is -0.508 e. The van der Waals surface area contributed by atoms with Crippen molar-refractivity contribution < 1.29 is 24.2 Å². The number of rotatable bonds is 5. The number of phenols is 1. The predicted molar refractivity (Wildman–Crippen MR) is 104 cm³/mol. The van der Waals surface area contributed by atoms with Crippen molar-refractivity contribution in [1.82, 2.24) is 4.90 Å². The van der Waals surface area contributed by atoms with Gasteiger partial charge in [-0.2, -0.15) is 0 Å². The number of nitrogens with zero attached hydrogens (tertiary/aromatic N) is 1. The Morgan fingerprint density at radius 1 is 1.14 bits per heavy atom. The first kappa shape index (κ1) is 19.2. The fourth-order valence-electron chi connectivity index (χ4n) is 3.11. The van der Waals surface area contributed by atoms with Gasteiger partial charge in [0.05, 0.1) is 31.9 Å². The average Bonchev–Trinajstić information content (AvgIpc) is 2.92. The summed E-state index contributed by atoms with van der Waals surface area (Å²) >= 11 is 0. The van der Waals surface area contributed by atoms with Crippen LogP contribution in [0.25, 0.3) is 6.08 Å². The van der Waals surface area contributed by atoms with E-state index in [1.165, 1.54) is 19.2 Å². The molecule has 0 fully saturated rings. The number of amides is 1. The summed E-state index contributed by atoms with van der Waals surface area (Å²) in [6.07, 6.45) is 1.59. The number of hydrogen-bond acceptors (Lipinski definition) is 5. The summed E-state index contributed by atoms with van der Waals surface area (Å²) in [6, 6.07) is 13.9. The fourth-order valence-corrected chi connectivity index (χ4v) is 3.11. The summed E-state index contributed by atoms with van der Waals surface area (Å²) in [5.74, 6) is -0.0646. The van der Waals surface area contributed by atoms with Crippen LogP contribution in [0, 0.1) is 0 Å². The second-order valence-electron chi connectivity index (χ2n) is 6.34. The zero-order valence-corrected chi connectivity index (χ0v) is 15.9. The highest BCUT2D eigenvalue weighted by atomic mass is 16.5. The SMILES string of the molecule is COC(=O)C1=C(C)N(Cc2ccc(OC)cc2)C(=O)C1=Cc1cccc(O)c1. The Labute approximate surface area is 163 Å². The van der Waals surface area contributed by atoms with Crippen LogP contribution in [0.4, 0.5) is 0 Å².